The second-order valence-electron chi connectivity index (χ2n) is 2.08. The van der Waals surface area contributed by atoms with Gasteiger partial charge in [0.1, 0.15) is 5.76 Å². The van der Waals surface area contributed by atoms with E-state index in [1.165, 1.54) is 0 Å². The van der Waals surface area contributed by atoms with Crippen molar-refractivity contribution in [2.45, 2.75) is 20.3 Å². The Morgan fingerprint density at radius 3 is 2.70 bits per heavy atom. The van der Waals surface area contributed by atoms with E-state index in [0.717, 1.165) is 5.69 Å². The molecular formula is C7H8N2O. The molecule has 0 radical (unpaired) electrons. The monoisotopic (exact) mass is 136 g/mol. The van der Waals surface area contributed by atoms with Gasteiger partial charge in [-0.2, -0.15) is 5.26 Å². The van der Waals surface area contributed by atoms with E-state index in [4.69, 9.17) is 9.68 Å². The fourth-order valence-corrected chi connectivity index (χ4v) is 0.809. The molecule has 3 nitrogen and oxygen atoms in total. The molecule has 0 aliphatic heterocycles. The van der Waals surface area contributed by atoms with Crippen LogP contribution in [0.5, 0.6) is 0 Å². The van der Waals surface area contributed by atoms with Gasteiger partial charge >= 0.3 is 0 Å². The molecule has 52 valence electrons. The van der Waals surface area contributed by atoms with Crippen molar-refractivity contribution in [3.63, 3.8) is 0 Å². The van der Waals surface area contributed by atoms with Crippen LogP contribution >= 0.6 is 0 Å². The van der Waals surface area contributed by atoms with E-state index in [0.29, 0.717) is 18.1 Å². The summed E-state index contributed by atoms with van der Waals surface area (Å²) in [6.45, 7) is 3.61. The molecule has 0 aromatic carbocycles. The highest BCUT2D eigenvalue weighted by atomic mass is 16.4. The average Bonchev–Trinajstić information content (AvgIpc) is 2.13. The fraction of sp³-hybridized carbons (Fsp3) is 0.429. The van der Waals surface area contributed by atoms with Gasteiger partial charge in [0.15, 0.2) is 5.89 Å². The summed E-state index contributed by atoms with van der Waals surface area (Å²) in [4.78, 5) is 4.01. The van der Waals surface area contributed by atoms with Gasteiger partial charge in [0.25, 0.3) is 0 Å². The number of oxazole rings is 1. The van der Waals surface area contributed by atoms with Crippen LogP contribution in [0.4, 0.5) is 0 Å². The van der Waals surface area contributed by atoms with Gasteiger partial charge in [-0.05, 0) is 6.92 Å². The molecule has 0 spiro atoms. The van der Waals surface area contributed by atoms with Crippen LogP contribution in [0.2, 0.25) is 0 Å². The van der Waals surface area contributed by atoms with Crippen molar-refractivity contribution < 1.29 is 4.42 Å². The third kappa shape index (κ3) is 1.16. The van der Waals surface area contributed by atoms with Gasteiger partial charge in [0, 0.05) is 6.92 Å². The number of nitrogens with zero attached hydrogens (tertiary/aromatic N) is 2. The second-order valence-corrected chi connectivity index (χ2v) is 2.08. The van der Waals surface area contributed by atoms with Crippen molar-refractivity contribution in [2.75, 3.05) is 0 Å². The summed E-state index contributed by atoms with van der Waals surface area (Å²) in [5, 5.41) is 8.32. The van der Waals surface area contributed by atoms with Crippen molar-refractivity contribution in [1.29, 1.82) is 5.26 Å². The number of nitriles is 1. The smallest absolute Gasteiger partial charge is 0.191 e. The normalized spacial score (nSPS) is 9.30. The van der Waals surface area contributed by atoms with E-state index in [9.17, 15) is 0 Å². The Bertz CT molecular complexity index is 270. The quantitative estimate of drug-likeness (QED) is 0.585. The molecule has 1 aromatic heterocycles. The highest BCUT2D eigenvalue weighted by molar-refractivity contribution is 5.11. The molecule has 1 aromatic rings. The van der Waals surface area contributed by atoms with Gasteiger partial charge in [-0.25, -0.2) is 4.98 Å². The molecule has 0 amide bonds. The minimum Gasteiger partial charge on any atom is -0.445 e. The molecule has 0 aliphatic rings. The Balaban J connectivity index is 2.94. The van der Waals surface area contributed by atoms with Gasteiger partial charge in [-0.3, -0.25) is 0 Å². The Morgan fingerprint density at radius 2 is 2.30 bits per heavy atom. The number of hydrogen-bond donors (Lipinski definition) is 0. The summed E-state index contributed by atoms with van der Waals surface area (Å²) in [6, 6.07) is 2.00. The summed E-state index contributed by atoms with van der Waals surface area (Å²) in [7, 11) is 0. The lowest BCUT2D eigenvalue weighted by molar-refractivity contribution is 0.485. The zero-order valence-corrected chi connectivity index (χ0v) is 6.01. The van der Waals surface area contributed by atoms with Crippen LogP contribution in [0.3, 0.4) is 0 Å². The van der Waals surface area contributed by atoms with Crippen LogP contribution in [0.15, 0.2) is 4.42 Å². The van der Waals surface area contributed by atoms with Crippen LogP contribution in [0.1, 0.15) is 17.3 Å². The summed E-state index contributed by atoms with van der Waals surface area (Å²) >= 11 is 0. The topological polar surface area (TPSA) is 49.8 Å². The van der Waals surface area contributed by atoms with E-state index < -0.39 is 0 Å². The maximum atomic E-state index is 8.32. The Morgan fingerprint density at radius 1 is 1.60 bits per heavy atom. The highest BCUT2D eigenvalue weighted by Crippen LogP contribution is 2.08. The number of aromatic nitrogens is 1. The largest absolute Gasteiger partial charge is 0.445 e. The molecule has 3 heteroatoms. The van der Waals surface area contributed by atoms with Crippen LogP contribution in [-0.2, 0) is 6.42 Å². The van der Waals surface area contributed by atoms with Gasteiger partial charge < -0.3 is 4.42 Å². The van der Waals surface area contributed by atoms with E-state index in [2.05, 4.69) is 4.98 Å². The van der Waals surface area contributed by atoms with Crippen molar-refractivity contribution in [2.24, 2.45) is 0 Å². The molecule has 0 fully saturated rings. The highest BCUT2D eigenvalue weighted by Gasteiger charge is 2.04. The zero-order valence-electron chi connectivity index (χ0n) is 6.01. The lowest BCUT2D eigenvalue weighted by atomic mass is 10.3. The van der Waals surface area contributed by atoms with Crippen LogP contribution in [-0.4, -0.2) is 4.98 Å². The third-order valence-electron chi connectivity index (χ3n) is 1.24. The number of aryl methyl sites for hydroxylation is 2. The molecule has 0 atom stereocenters. The molecule has 1 heterocycles. The first-order valence-corrected chi connectivity index (χ1v) is 3.04. The Hall–Kier alpha value is -1.30. The van der Waals surface area contributed by atoms with Crippen LogP contribution < -0.4 is 0 Å². The second kappa shape index (κ2) is 2.53. The average molecular weight is 136 g/mol. The van der Waals surface area contributed by atoms with Gasteiger partial charge in [0.05, 0.1) is 18.2 Å². The lowest BCUT2D eigenvalue weighted by Gasteiger charge is -1.83. The van der Waals surface area contributed by atoms with E-state index >= 15 is 0 Å². The third-order valence-corrected chi connectivity index (χ3v) is 1.24. The minimum absolute atomic E-state index is 0.312. The van der Waals surface area contributed by atoms with E-state index in [1.54, 1.807) is 6.92 Å². The standard InChI is InChI=1S/C7H8N2O/c1-5-7(3-4-8)10-6(2)9-5/h3H2,1-2H3. The molecular weight excluding hydrogens is 128 g/mol. The summed E-state index contributed by atoms with van der Waals surface area (Å²) < 4.78 is 5.12. The molecule has 1 rings (SSSR count). The Labute approximate surface area is 59.3 Å². The minimum atomic E-state index is 0.312. The molecule has 0 saturated heterocycles. The van der Waals surface area contributed by atoms with Gasteiger partial charge in [-0.1, -0.05) is 0 Å². The first kappa shape index (κ1) is 6.81. The first-order valence-electron chi connectivity index (χ1n) is 3.04. The fourth-order valence-electron chi connectivity index (χ4n) is 0.809. The van der Waals surface area contributed by atoms with Gasteiger partial charge in [-0.15, -0.1) is 0 Å². The number of rotatable bonds is 1. The zero-order chi connectivity index (χ0) is 7.56. The van der Waals surface area contributed by atoms with Gasteiger partial charge in [0.2, 0.25) is 0 Å². The molecule has 0 N–H and O–H groups in total. The van der Waals surface area contributed by atoms with Crippen LogP contribution in [0.25, 0.3) is 0 Å². The predicted octanol–water partition coefficient (Wildman–Crippen LogP) is 1.36. The van der Waals surface area contributed by atoms with E-state index in [1.807, 2.05) is 13.0 Å². The Kier molecular flexibility index (Phi) is 1.72. The summed E-state index contributed by atoms with van der Waals surface area (Å²) in [5.74, 6) is 1.31. The number of hydrogen-bond acceptors (Lipinski definition) is 3. The first-order chi connectivity index (χ1) is 4.74. The summed E-state index contributed by atoms with van der Waals surface area (Å²) in [5.41, 5.74) is 0.819. The summed E-state index contributed by atoms with van der Waals surface area (Å²) in [6.07, 6.45) is 0.312. The maximum absolute atomic E-state index is 8.32. The van der Waals surface area contributed by atoms with Crippen molar-refractivity contribution >= 4 is 0 Å². The predicted molar refractivity (Wildman–Crippen MR) is 35.3 cm³/mol. The lowest BCUT2D eigenvalue weighted by Crippen LogP contribution is -1.80. The molecule has 0 saturated carbocycles. The van der Waals surface area contributed by atoms with Crippen molar-refractivity contribution in [1.82, 2.24) is 4.98 Å². The van der Waals surface area contributed by atoms with Crippen molar-refractivity contribution in [3.8, 4) is 6.07 Å². The molecule has 0 unspecified atom stereocenters. The molecule has 0 bridgehead atoms. The van der Waals surface area contributed by atoms with E-state index in [-0.39, 0.29) is 0 Å². The molecule has 10 heavy (non-hydrogen) atoms. The SMILES string of the molecule is Cc1nc(C)c(CC#N)o1. The maximum Gasteiger partial charge on any atom is 0.191 e. The van der Waals surface area contributed by atoms with Crippen molar-refractivity contribution in [3.05, 3.63) is 17.3 Å². The molecule has 0 aliphatic carbocycles. The van der Waals surface area contributed by atoms with Crippen LogP contribution in [0, 0.1) is 25.2 Å².